The third kappa shape index (κ3) is 2.53. The normalized spacial score (nSPS) is 17.6. The van der Waals surface area contributed by atoms with Crippen LogP contribution in [0.1, 0.15) is 0 Å². The summed E-state index contributed by atoms with van der Waals surface area (Å²) in [5, 5.41) is 0. The number of hydrogen-bond donors (Lipinski definition) is 0. The van der Waals surface area contributed by atoms with Gasteiger partial charge in [-0.25, -0.2) is 4.99 Å². The van der Waals surface area contributed by atoms with Gasteiger partial charge in [0.05, 0.1) is 25.2 Å². The fraction of sp³-hybridized carbons (Fsp3) is 0.400. The molecule has 1 aliphatic heterocycles. The van der Waals surface area contributed by atoms with Crippen molar-refractivity contribution in [1.29, 1.82) is 0 Å². The monoisotopic (exact) mass is 191 g/mol. The van der Waals surface area contributed by atoms with E-state index in [1.807, 2.05) is 18.5 Å². The van der Waals surface area contributed by atoms with Crippen LogP contribution >= 0.6 is 0 Å². The molecule has 1 aromatic heterocycles. The minimum Gasteiger partial charge on any atom is -0.378 e. The van der Waals surface area contributed by atoms with Crippen LogP contribution in [0.4, 0.5) is 5.69 Å². The minimum absolute atomic E-state index is 0.794. The zero-order valence-corrected chi connectivity index (χ0v) is 7.97. The third-order valence-electron chi connectivity index (χ3n) is 2.08. The summed E-state index contributed by atoms with van der Waals surface area (Å²) in [6.07, 6.45) is 5.36. The predicted molar refractivity (Wildman–Crippen MR) is 54.8 cm³/mol. The summed E-state index contributed by atoms with van der Waals surface area (Å²) in [4.78, 5) is 10.4. The molecule has 2 rings (SSSR count). The molecule has 4 heteroatoms. The second kappa shape index (κ2) is 4.72. The number of morpholine rings is 1. The second-order valence-corrected chi connectivity index (χ2v) is 3.10. The maximum atomic E-state index is 5.24. The highest BCUT2D eigenvalue weighted by molar-refractivity contribution is 5.61. The van der Waals surface area contributed by atoms with Gasteiger partial charge in [0.1, 0.15) is 0 Å². The maximum absolute atomic E-state index is 5.24. The number of nitrogens with zero attached hydrogens (tertiary/aromatic N) is 3. The van der Waals surface area contributed by atoms with Crippen molar-refractivity contribution >= 4 is 12.0 Å². The van der Waals surface area contributed by atoms with Crippen molar-refractivity contribution in [3.63, 3.8) is 0 Å². The number of hydrogen-bond acceptors (Lipinski definition) is 3. The van der Waals surface area contributed by atoms with Crippen LogP contribution in [-0.4, -0.2) is 42.5 Å². The highest BCUT2D eigenvalue weighted by Gasteiger charge is 2.05. The molecule has 1 saturated heterocycles. The van der Waals surface area contributed by atoms with E-state index in [0.717, 1.165) is 32.0 Å². The Morgan fingerprint density at radius 1 is 1.29 bits per heavy atom. The molecule has 4 nitrogen and oxygen atoms in total. The Hall–Kier alpha value is -1.42. The summed E-state index contributed by atoms with van der Waals surface area (Å²) >= 11 is 0. The van der Waals surface area contributed by atoms with Gasteiger partial charge < -0.3 is 9.64 Å². The van der Waals surface area contributed by atoms with E-state index in [2.05, 4.69) is 14.9 Å². The summed E-state index contributed by atoms with van der Waals surface area (Å²) in [6.45, 7) is 3.44. The van der Waals surface area contributed by atoms with E-state index in [1.54, 1.807) is 12.4 Å². The van der Waals surface area contributed by atoms with E-state index < -0.39 is 0 Å². The van der Waals surface area contributed by atoms with Crippen molar-refractivity contribution in [2.24, 2.45) is 4.99 Å². The zero-order valence-electron chi connectivity index (χ0n) is 7.97. The average Bonchev–Trinajstić information content (AvgIpc) is 2.29. The predicted octanol–water partition coefficient (Wildman–Crippen LogP) is 1.07. The van der Waals surface area contributed by atoms with Gasteiger partial charge in [0.15, 0.2) is 0 Å². The molecular formula is C10H13N3O. The SMILES string of the molecule is C(=Nc1ccncc1)N1CCOCC1. The van der Waals surface area contributed by atoms with Crippen molar-refractivity contribution in [2.75, 3.05) is 26.3 Å². The lowest BCUT2D eigenvalue weighted by Crippen LogP contribution is -2.34. The summed E-state index contributed by atoms with van der Waals surface area (Å²) in [5.41, 5.74) is 0.937. The van der Waals surface area contributed by atoms with Crippen LogP contribution in [0.25, 0.3) is 0 Å². The van der Waals surface area contributed by atoms with Crippen LogP contribution in [0.2, 0.25) is 0 Å². The minimum atomic E-state index is 0.794. The topological polar surface area (TPSA) is 37.7 Å². The quantitative estimate of drug-likeness (QED) is 0.518. The molecule has 0 aliphatic carbocycles. The molecule has 1 aliphatic rings. The first-order valence-corrected chi connectivity index (χ1v) is 4.71. The van der Waals surface area contributed by atoms with Crippen LogP contribution in [0.15, 0.2) is 29.5 Å². The van der Waals surface area contributed by atoms with Crippen molar-refractivity contribution in [3.05, 3.63) is 24.5 Å². The van der Waals surface area contributed by atoms with Crippen molar-refractivity contribution in [2.45, 2.75) is 0 Å². The van der Waals surface area contributed by atoms with Crippen molar-refractivity contribution < 1.29 is 4.74 Å². The Morgan fingerprint density at radius 3 is 2.71 bits per heavy atom. The third-order valence-corrected chi connectivity index (χ3v) is 2.08. The molecule has 0 unspecified atom stereocenters. The summed E-state index contributed by atoms with van der Waals surface area (Å²) in [5.74, 6) is 0. The summed E-state index contributed by atoms with van der Waals surface area (Å²) in [7, 11) is 0. The lowest BCUT2D eigenvalue weighted by Gasteiger charge is -2.24. The average molecular weight is 191 g/mol. The van der Waals surface area contributed by atoms with Gasteiger partial charge in [-0.1, -0.05) is 0 Å². The van der Waals surface area contributed by atoms with Crippen LogP contribution in [0.3, 0.4) is 0 Å². The number of aliphatic imine (C=N–C) groups is 1. The van der Waals surface area contributed by atoms with E-state index in [-0.39, 0.29) is 0 Å². The largest absolute Gasteiger partial charge is 0.378 e. The molecule has 0 radical (unpaired) electrons. The van der Waals surface area contributed by atoms with Gasteiger partial charge in [0.2, 0.25) is 0 Å². The van der Waals surface area contributed by atoms with E-state index in [0.29, 0.717) is 0 Å². The standard InChI is InChI=1S/C10H13N3O/c1-3-11-4-2-10(1)12-9-13-5-7-14-8-6-13/h1-4,9H,5-8H2. The smallest absolute Gasteiger partial charge is 0.0913 e. The number of ether oxygens (including phenoxy) is 1. The van der Waals surface area contributed by atoms with Gasteiger partial charge in [-0.2, -0.15) is 0 Å². The van der Waals surface area contributed by atoms with Gasteiger partial charge in [0, 0.05) is 25.5 Å². The number of pyridine rings is 1. The molecule has 0 amide bonds. The van der Waals surface area contributed by atoms with Crippen LogP contribution in [-0.2, 0) is 4.74 Å². The van der Waals surface area contributed by atoms with E-state index in [9.17, 15) is 0 Å². The highest BCUT2D eigenvalue weighted by atomic mass is 16.5. The van der Waals surface area contributed by atoms with Gasteiger partial charge >= 0.3 is 0 Å². The summed E-state index contributed by atoms with van der Waals surface area (Å²) in [6, 6.07) is 3.77. The molecular weight excluding hydrogens is 178 g/mol. The molecule has 0 spiro atoms. The molecule has 2 heterocycles. The lowest BCUT2D eigenvalue weighted by atomic mass is 10.4. The Labute approximate surface area is 83.2 Å². The zero-order chi connectivity index (χ0) is 9.64. The first-order valence-electron chi connectivity index (χ1n) is 4.71. The maximum Gasteiger partial charge on any atom is 0.0913 e. The van der Waals surface area contributed by atoms with Crippen molar-refractivity contribution in [3.8, 4) is 0 Å². The molecule has 74 valence electrons. The van der Waals surface area contributed by atoms with Crippen LogP contribution in [0.5, 0.6) is 0 Å². The first-order chi connectivity index (χ1) is 6.95. The Balaban J connectivity index is 1.93. The van der Waals surface area contributed by atoms with Crippen LogP contribution in [0, 0.1) is 0 Å². The van der Waals surface area contributed by atoms with Crippen molar-refractivity contribution in [1.82, 2.24) is 9.88 Å². The lowest BCUT2D eigenvalue weighted by molar-refractivity contribution is 0.0701. The summed E-state index contributed by atoms with van der Waals surface area (Å²) < 4.78 is 5.24. The molecule has 1 aromatic rings. The molecule has 0 N–H and O–H groups in total. The first kappa shape index (κ1) is 9.15. The molecule has 0 atom stereocenters. The molecule has 0 aromatic carbocycles. The Bertz CT molecular complexity index is 293. The molecule has 1 fully saturated rings. The van der Waals surface area contributed by atoms with Gasteiger partial charge in [-0.05, 0) is 12.1 Å². The van der Waals surface area contributed by atoms with Gasteiger partial charge in [-0.3, -0.25) is 4.98 Å². The van der Waals surface area contributed by atoms with Gasteiger partial charge in [0.25, 0.3) is 0 Å². The van der Waals surface area contributed by atoms with E-state index in [1.165, 1.54) is 0 Å². The van der Waals surface area contributed by atoms with E-state index in [4.69, 9.17) is 4.74 Å². The van der Waals surface area contributed by atoms with E-state index >= 15 is 0 Å². The number of rotatable bonds is 2. The fourth-order valence-electron chi connectivity index (χ4n) is 1.27. The second-order valence-electron chi connectivity index (χ2n) is 3.10. The molecule has 14 heavy (non-hydrogen) atoms. The fourth-order valence-corrected chi connectivity index (χ4v) is 1.27. The number of aromatic nitrogens is 1. The highest BCUT2D eigenvalue weighted by Crippen LogP contribution is 2.07. The Morgan fingerprint density at radius 2 is 2.00 bits per heavy atom. The van der Waals surface area contributed by atoms with Gasteiger partial charge in [-0.15, -0.1) is 0 Å². The Kier molecular flexibility index (Phi) is 3.08. The molecule has 0 saturated carbocycles. The molecule has 0 bridgehead atoms. The van der Waals surface area contributed by atoms with Crippen LogP contribution < -0.4 is 0 Å².